The van der Waals surface area contributed by atoms with Gasteiger partial charge in [-0.25, -0.2) is 0 Å². The summed E-state index contributed by atoms with van der Waals surface area (Å²) < 4.78 is 10.7. The molecule has 0 spiro atoms. The average Bonchev–Trinajstić information content (AvgIpc) is 3.35. The standard InChI is InChI=1S/C23H19NO5/c1-14-7-5-8-15(13-14)24-20(16-9-3-4-10-17(16)28-2)19(22(26)23(24)27)21(25)18-11-6-12-29-18/h3-13,20,26H,1-2H3. The Morgan fingerprint density at radius 2 is 1.90 bits per heavy atom. The number of anilines is 1. The molecule has 0 bridgehead atoms. The SMILES string of the molecule is COc1ccccc1C1C(C(=O)c2ccco2)=C(O)C(=O)N1c1cccc(C)c1. The number of Topliss-reactive ketones (excluding diaryl/α,β-unsaturated/α-hetero) is 1. The minimum Gasteiger partial charge on any atom is -0.503 e. The van der Waals surface area contributed by atoms with Crippen molar-refractivity contribution in [3.8, 4) is 5.75 Å². The smallest absolute Gasteiger partial charge is 0.294 e. The number of aliphatic hydroxyl groups is 1. The molecule has 1 atom stereocenters. The maximum Gasteiger partial charge on any atom is 0.294 e. The minimum atomic E-state index is -0.863. The Kier molecular flexibility index (Phi) is 4.68. The van der Waals surface area contributed by atoms with Crippen LogP contribution < -0.4 is 9.64 Å². The van der Waals surface area contributed by atoms with Gasteiger partial charge in [0.25, 0.3) is 5.91 Å². The summed E-state index contributed by atoms with van der Waals surface area (Å²) in [7, 11) is 1.52. The van der Waals surface area contributed by atoms with Gasteiger partial charge in [0.15, 0.2) is 11.5 Å². The molecule has 1 amide bonds. The van der Waals surface area contributed by atoms with Gasteiger partial charge in [0.05, 0.1) is 25.0 Å². The molecule has 2 heterocycles. The topological polar surface area (TPSA) is 80.0 Å². The van der Waals surface area contributed by atoms with Gasteiger partial charge in [-0.2, -0.15) is 0 Å². The summed E-state index contributed by atoms with van der Waals surface area (Å²) in [6.45, 7) is 1.91. The van der Waals surface area contributed by atoms with E-state index < -0.39 is 23.5 Å². The third-order valence-electron chi connectivity index (χ3n) is 4.91. The number of methoxy groups -OCH3 is 1. The molecule has 4 rings (SSSR count). The summed E-state index contributed by atoms with van der Waals surface area (Å²) in [5.41, 5.74) is 2.05. The van der Waals surface area contributed by atoms with E-state index in [1.807, 2.05) is 25.1 Å². The lowest BCUT2D eigenvalue weighted by Gasteiger charge is -2.28. The van der Waals surface area contributed by atoms with Crippen LogP contribution in [0.3, 0.4) is 0 Å². The second-order valence-corrected chi connectivity index (χ2v) is 6.73. The Bertz CT molecular complexity index is 1110. The molecule has 6 heteroatoms. The van der Waals surface area contributed by atoms with E-state index in [1.54, 1.807) is 36.4 Å². The first-order chi connectivity index (χ1) is 14.0. The molecular formula is C23H19NO5. The number of ether oxygens (including phenoxy) is 1. The van der Waals surface area contributed by atoms with Crippen molar-refractivity contribution < 1.29 is 23.8 Å². The largest absolute Gasteiger partial charge is 0.503 e. The maximum atomic E-state index is 13.2. The zero-order chi connectivity index (χ0) is 20.5. The van der Waals surface area contributed by atoms with E-state index in [9.17, 15) is 14.7 Å². The quantitative estimate of drug-likeness (QED) is 0.655. The number of hydrogen-bond acceptors (Lipinski definition) is 5. The lowest BCUT2D eigenvalue weighted by atomic mass is 9.94. The molecular weight excluding hydrogens is 370 g/mol. The molecule has 1 aliphatic heterocycles. The van der Waals surface area contributed by atoms with Crippen molar-refractivity contribution in [2.24, 2.45) is 0 Å². The number of carbonyl (C=O) groups is 2. The first-order valence-electron chi connectivity index (χ1n) is 9.07. The van der Waals surface area contributed by atoms with Crippen LogP contribution in [0.5, 0.6) is 5.75 Å². The zero-order valence-corrected chi connectivity index (χ0v) is 16.0. The van der Waals surface area contributed by atoms with Crippen LogP contribution in [0.25, 0.3) is 0 Å². The highest BCUT2D eigenvalue weighted by Gasteiger charge is 2.46. The second-order valence-electron chi connectivity index (χ2n) is 6.73. The number of benzene rings is 2. The molecule has 0 saturated heterocycles. The van der Waals surface area contributed by atoms with Gasteiger partial charge in [-0.15, -0.1) is 0 Å². The molecule has 1 aliphatic rings. The van der Waals surface area contributed by atoms with Crippen molar-refractivity contribution >= 4 is 17.4 Å². The summed E-state index contributed by atoms with van der Waals surface area (Å²) in [6.07, 6.45) is 1.37. The highest BCUT2D eigenvalue weighted by atomic mass is 16.5. The van der Waals surface area contributed by atoms with E-state index in [-0.39, 0.29) is 11.3 Å². The second kappa shape index (κ2) is 7.31. The van der Waals surface area contributed by atoms with E-state index in [0.717, 1.165) is 5.56 Å². The summed E-state index contributed by atoms with van der Waals surface area (Å²) in [6, 6.07) is 16.7. The van der Waals surface area contributed by atoms with Crippen molar-refractivity contribution in [2.75, 3.05) is 12.0 Å². The Morgan fingerprint density at radius 1 is 1.10 bits per heavy atom. The van der Waals surface area contributed by atoms with Gasteiger partial charge in [-0.1, -0.05) is 30.3 Å². The monoisotopic (exact) mass is 389 g/mol. The number of ketones is 1. The highest BCUT2D eigenvalue weighted by Crippen LogP contribution is 2.44. The molecule has 0 radical (unpaired) electrons. The van der Waals surface area contributed by atoms with Crippen molar-refractivity contribution in [3.05, 3.63) is 95.1 Å². The number of aliphatic hydroxyl groups excluding tert-OH is 1. The molecule has 1 aromatic heterocycles. The zero-order valence-electron chi connectivity index (χ0n) is 16.0. The van der Waals surface area contributed by atoms with Gasteiger partial charge in [0, 0.05) is 11.3 Å². The third-order valence-corrected chi connectivity index (χ3v) is 4.91. The fourth-order valence-corrected chi connectivity index (χ4v) is 3.61. The summed E-state index contributed by atoms with van der Waals surface area (Å²) in [4.78, 5) is 27.7. The Labute approximate surface area is 167 Å². The molecule has 3 aromatic rings. The van der Waals surface area contributed by atoms with Crippen LogP contribution in [0, 0.1) is 6.92 Å². The molecule has 29 heavy (non-hydrogen) atoms. The fourth-order valence-electron chi connectivity index (χ4n) is 3.61. The van der Waals surface area contributed by atoms with Crippen LogP contribution >= 0.6 is 0 Å². The number of amides is 1. The van der Waals surface area contributed by atoms with E-state index in [0.29, 0.717) is 17.0 Å². The van der Waals surface area contributed by atoms with Crippen molar-refractivity contribution in [3.63, 3.8) is 0 Å². The van der Waals surface area contributed by atoms with E-state index in [4.69, 9.17) is 9.15 Å². The minimum absolute atomic E-state index is 0.0454. The van der Waals surface area contributed by atoms with Gasteiger partial charge < -0.3 is 14.3 Å². The lowest BCUT2D eigenvalue weighted by Crippen LogP contribution is -2.31. The molecule has 0 aliphatic carbocycles. The van der Waals surface area contributed by atoms with Crippen LogP contribution in [0.15, 0.2) is 82.7 Å². The predicted molar refractivity (Wildman–Crippen MR) is 107 cm³/mol. The van der Waals surface area contributed by atoms with Gasteiger partial charge in [0.1, 0.15) is 5.75 Å². The van der Waals surface area contributed by atoms with Gasteiger partial charge in [-0.3, -0.25) is 14.5 Å². The number of para-hydroxylation sites is 1. The van der Waals surface area contributed by atoms with Gasteiger partial charge in [0.2, 0.25) is 5.78 Å². The fraction of sp³-hybridized carbons (Fsp3) is 0.130. The van der Waals surface area contributed by atoms with Crippen LogP contribution in [-0.4, -0.2) is 23.9 Å². The Morgan fingerprint density at radius 3 is 2.59 bits per heavy atom. The Hall–Kier alpha value is -3.80. The van der Waals surface area contributed by atoms with E-state index >= 15 is 0 Å². The number of hydrogen-bond donors (Lipinski definition) is 1. The first kappa shape index (κ1) is 18.6. The Balaban J connectivity index is 1.93. The summed E-state index contributed by atoms with van der Waals surface area (Å²) >= 11 is 0. The van der Waals surface area contributed by atoms with Crippen molar-refractivity contribution in [1.82, 2.24) is 0 Å². The molecule has 1 unspecified atom stereocenters. The van der Waals surface area contributed by atoms with Crippen LogP contribution in [-0.2, 0) is 4.79 Å². The number of rotatable bonds is 5. The van der Waals surface area contributed by atoms with Crippen molar-refractivity contribution in [2.45, 2.75) is 13.0 Å². The third kappa shape index (κ3) is 3.08. The number of carbonyl (C=O) groups excluding carboxylic acids is 2. The molecule has 2 aromatic carbocycles. The lowest BCUT2D eigenvalue weighted by molar-refractivity contribution is -0.117. The highest BCUT2D eigenvalue weighted by molar-refractivity contribution is 6.20. The van der Waals surface area contributed by atoms with Crippen LogP contribution in [0.4, 0.5) is 5.69 Å². The van der Waals surface area contributed by atoms with Gasteiger partial charge >= 0.3 is 0 Å². The van der Waals surface area contributed by atoms with Crippen LogP contribution in [0.2, 0.25) is 0 Å². The normalized spacial score (nSPS) is 16.4. The van der Waals surface area contributed by atoms with E-state index in [2.05, 4.69) is 0 Å². The van der Waals surface area contributed by atoms with Crippen molar-refractivity contribution in [1.29, 1.82) is 0 Å². The number of nitrogens with zero attached hydrogens (tertiary/aromatic N) is 1. The number of furan rings is 1. The molecule has 0 fully saturated rings. The molecule has 146 valence electrons. The van der Waals surface area contributed by atoms with E-state index in [1.165, 1.54) is 24.3 Å². The summed E-state index contributed by atoms with van der Waals surface area (Å²) in [5, 5.41) is 10.7. The van der Waals surface area contributed by atoms with Gasteiger partial charge in [-0.05, 0) is 42.8 Å². The molecule has 0 saturated carbocycles. The summed E-state index contributed by atoms with van der Waals surface area (Å²) in [5.74, 6) is -1.25. The predicted octanol–water partition coefficient (Wildman–Crippen LogP) is 4.38. The first-order valence-corrected chi connectivity index (χ1v) is 9.07. The maximum absolute atomic E-state index is 13.2. The van der Waals surface area contributed by atoms with Crippen LogP contribution in [0.1, 0.15) is 27.7 Å². The molecule has 6 nitrogen and oxygen atoms in total. The molecule has 1 N–H and O–H groups in total. The average molecular weight is 389 g/mol. The number of aryl methyl sites for hydroxylation is 1.